The average molecular weight is 280 g/mol. The van der Waals surface area contributed by atoms with Gasteiger partial charge in [0.25, 0.3) is 0 Å². The second kappa shape index (κ2) is 4.90. The molecule has 1 N–H and O–H groups in total. The molecule has 7 heteroatoms. The molecule has 2 aromatic rings. The zero-order chi connectivity index (χ0) is 13.4. The van der Waals surface area contributed by atoms with E-state index in [9.17, 15) is 9.50 Å². The second-order valence-corrected chi connectivity index (χ2v) is 5.58. The fraction of sp³-hybridized carbons (Fsp3) is 0.417. The lowest BCUT2D eigenvalue weighted by molar-refractivity contribution is 0.191. The summed E-state index contributed by atoms with van der Waals surface area (Å²) < 4.78 is 15.5. The number of aliphatic hydroxyl groups excluding tert-OH is 1. The van der Waals surface area contributed by atoms with Gasteiger partial charge in [-0.05, 0) is 54.1 Å². The van der Waals surface area contributed by atoms with Gasteiger partial charge >= 0.3 is 0 Å². The Bertz CT molecular complexity index is 597. The maximum absolute atomic E-state index is 13.8. The number of hydrogen-bond acceptors (Lipinski definition) is 5. The van der Waals surface area contributed by atoms with Crippen molar-refractivity contribution in [1.29, 1.82) is 0 Å². The van der Waals surface area contributed by atoms with E-state index < -0.39 is 11.9 Å². The molecule has 1 aromatic heterocycles. The third-order valence-corrected chi connectivity index (χ3v) is 4.01. The first-order valence-electron chi connectivity index (χ1n) is 6.09. The predicted molar refractivity (Wildman–Crippen MR) is 67.2 cm³/mol. The summed E-state index contributed by atoms with van der Waals surface area (Å²) in [6.07, 6.45) is 1.28. The summed E-state index contributed by atoms with van der Waals surface area (Å²) in [5.74, 6) is -0.412. The Balaban J connectivity index is 1.94. The van der Waals surface area contributed by atoms with Gasteiger partial charge in [-0.2, -0.15) is 0 Å². The summed E-state index contributed by atoms with van der Waals surface area (Å²) in [7, 11) is 0. The highest BCUT2D eigenvalue weighted by atomic mass is 32.2. The molecule has 0 amide bonds. The molecule has 0 bridgehead atoms. The van der Waals surface area contributed by atoms with E-state index in [0.717, 1.165) is 12.8 Å². The van der Waals surface area contributed by atoms with E-state index in [-0.39, 0.29) is 5.56 Å². The van der Waals surface area contributed by atoms with Crippen LogP contribution in [-0.2, 0) is 0 Å². The highest BCUT2D eigenvalue weighted by molar-refractivity contribution is 7.99. The topological polar surface area (TPSA) is 63.8 Å². The molecule has 100 valence electrons. The third-order valence-electron chi connectivity index (χ3n) is 2.99. The Kier molecular flexibility index (Phi) is 3.24. The lowest BCUT2D eigenvalue weighted by Gasteiger charge is -2.12. The lowest BCUT2D eigenvalue weighted by atomic mass is 10.1. The van der Waals surface area contributed by atoms with Crippen molar-refractivity contribution in [2.45, 2.75) is 42.0 Å². The molecule has 0 radical (unpaired) electrons. The number of tetrazole rings is 1. The molecular formula is C12H13FN4OS. The molecule has 0 saturated heterocycles. The van der Waals surface area contributed by atoms with Crippen LogP contribution in [0.25, 0.3) is 0 Å². The summed E-state index contributed by atoms with van der Waals surface area (Å²) in [6, 6.07) is 5.09. The Hall–Kier alpha value is -1.47. The van der Waals surface area contributed by atoms with E-state index in [1.807, 2.05) is 0 Å². The number of nitrogens with zero attached hydrogens (tertiary/aromatic N) is 4. The summed E-state index contributed by atoms with van der Waals surface area (Å²) in [4.78, 5) is 0.645. The molecule has 1 heterocycles. The van der Waals surface area contributed by atoms with E-state index in [1.165, 1.54) is 17.8 Å². The van der Waals surface area contributed by atoms with Crippen molar-refractivity contribution >= 4 is 11.8 Å². The van der Waals surface area contributed by atoms with Gasteiger partial charge in [-0.15, -0.1) is 5.10 Å². The molecular weight excluding hydrogens is 267 g/mol. The van der Waals surface area contributed by atoms with E-state index in [2.05, 4.69) is 15.5 Å². The van der Waals surface area contributed by atoms with Crippen molar-refractivity contribution in [1.82, 2.24) is 20.2 Å². The quantitative estimate of drug-likeness (QED) is 0.931. The molecule has 5 nitrogen and oxygen atoms in total. The van der Waals surface area contributed by atoms with Gasteiger partial charge in [0.15, 0.2) is 0 Å². The Morgan fingerprint density at radius 2 is 2.26 bits per heavy atom. The van der Waals surface area contributed by atoms with Gasteiger partial charge in [-0.3, -0.25) is 0 Å². The van der Waals surface area contributed by atoms with E-state index in [1.54, 1.807) is 23.7 Å². The lowest BCUT2D eigenvalue weighted by Crippen LogP contribution is -2.01. The van der Waals surface area contributed by atoms with Crippen LogP contribution in [0.2, 0.25) is 0 Å². The largest absolute Gasteiger partial charge is 0.389 e. The summed E-state index contributed by atoms with van der Waals surface area (Å²) in [5.41, 5.74) is 0.290. The van der Waals surface area contributed by atoms with Gasteiger partial charge in [0.2, 0.25) is 5.16 Å². The second-order valence-electron chi connectivity index (χ2n) is 4.57. The number of halogens is 1. The number of aliphatic hydroxyl groups is 1. The molecule has 1 atom stereocenters. The fourth-order valence-electron chi connectivity index (χ4n) is 1.91. The van der Waals surface area contributed by atoms with Crippen LogP contribution < -0.4 is 0 Å². The van der Waals surface area contributed by atoms with E-state index in [0.29, 0.717) is 16.1 Å². The zero-order valence-corrected chi connectivity index (χ0v) is 11.1. The molecule has 19 heavy (non-hydrogen) atoms. The zero-order valence-electron chi connectivity index (χ0n) is 10.3. The molecule has 0 spiro atoms. The molecule has 1 saturated carbocycles. The van der Waals surface area contributed by atoms with E-state index >= 15 is 0 Å². The standard InChI is InChI=1S/C12H13FN4OS/c1-7(18)11-9(13)3-2-4-10(11)19-12-14-15-16-17(12)8-5-6-8/h2-4,7-8,18H,5-6H2,1H3. The van der Waals surface area contributed by atoms with Crippen molar-refractivity contribution in [3.8, 4) is 0 Å². The van der Waals surface area contributed by atoms with Gasteiger partial charge in [0.05, 0.1) is 12.1 Å². The minimum absolute atomic E-state index is 0.290. The predicted octanol–water partition coefficient (Wildman–Crippen LogP) is 2.35. The van der Waals surface area contributed by atoms with Gasteiger partial charge in [-0.1, -0.05) is 6.07 Å². The van der Waals surface area contributed by atoms with Gasteiger partial charge < -0.3 is 5.11 Å². The average Bonchev–Trinajstić information content (AvgIpc) is 3.10. The van der Waals surface area contributed by atoms with Crippen LogP contribution in [0.5, 0.6) is 0 Å². The normalized spacial score (nSPS) is 16.6. The number of rotatable bonds is 4. The van der Waals surface area contributed by atoms with Gasteiger partial charge in [0.1, 0.15) is 5.82 Å². The number of hydrogen-bond donors (Lipinski definition) is 1. The van der Waals surface area contributed by atoms with Crippen molar-refractivity contribution in [3.05, 3.63) is 29.6 Å². The van der Waals surface area contributed by atoms with E-state index in [4.69, 9.17) is 0 Å². The highest BCUT2D eigenvalue weighted by Crippen LogP contribution is 2.39. The first-order chi connectivity index (χ1) is 9.16. The Labute approximate surface area is 113 Å². The molecule has 0 aliphatic heterocycles. The minimum atomic E-state index is -0.867. The Morgan fingerprint density at radius 1 is 1.47 bits per heavy atom. The smallest absolute Gasteiger partial charge is 0.214 e. The van der Waals surface area contributed by atoms with Gasteiger partial charge in [-0.25, -0.2) is 9.07 Å². The number of benzene rings is 1. The molecule has 1 aliphatic rings. The minimum Gasteiger partial charge on any atom is -0.389 e. The molecule has 1 aromatic carbocycles. The third kappa shape index (κ3) is 2.48. The van der Waals surface area contributed by atoms with Crippen molar-refractivity contribution < 1.29 is 9.50 Å². The monoisotopic (exact) mass is 280 g/mol. The van der Waals surface area contributed by atoms with Crippen LogP contribution in [-0.4, -0.2) is 25.3 Å². The first kappa shape index (κ1) is 12.6. The number of aromatic nitrogens is 4. The maximum atomic E-state index is 13.8. The summed E-state index contributed by atoms with van der Waals surface area (Å²) >= 11 is 1.29. The van der Waals surface area contributed by atoms with Crippen molar-refractivity contribution in [2.24, 2.45) is 0 Å². The summed E-state index contributed by atoms with van der Waals surface area (Å²) in [6.45, 7) is 1.55. The van der Waals surface area contributed by atoms with Crippen molar-refractivity contribution in [3.63, 3.8) is 0 Å². The Morgan fingerprint density at radius 3 is 2.95 bits per heavy atom. The SMILES string of the molecule is CC(O)c1c(F)cccc1Sc1nnnn1C1CC1. The van der Waals surface area contributed by atoms with Crippen LogP contribution in [0.4, 0.5) is 4.39 Å². The van der Waals surface area contributed by atoms with Crippen LogP contribution in [0, 0.1) is 5.82 Å². The van der Waals surface area contributed by atoms with Crippen molar-refractivity contribution in [2.75, 3.05) is 0 Å². The molecule has 1 aliphatic carbocycles. The van der Waals surface area contributed by atoms with Crippen LogP contribution in [0.3, 0.4) is 0 Å². The van der Waals surface area contributed by atoms with Gasteiger partial charge in [0, 0.05) is 10.5 Å². The molecule has 3 rings (SSSR count). The van der Waals surface area contributed by atoms with Crippen LogP contribution in [0.15, 0.2) is 28.3 Å². The summed E-state index contributed by atoms with van der Waals surface area (Å²) in [5, 5.41) is 21.9. The first-order valence-corrected chi connectivity index (χ1v) is 6.90. The molecule has 1 fully saturated rings. The maximum Gasteiger partial charge on any atom is 0.214 e. The molecule has 1 unspecified atom stereocenters. The highest BCUT2D eigenvalue weighted by Gasteiger charge is 2.28. The fourth-order valence-corrected chi connectivity index (χ4v) is 2.99. The van der Waals surface area contributed by atoms with Crippen LogP contribution in [0.1, 0.15) is 37.5 Å². The van der Waals surface area contributed by atoms with Crippen LogP contribution >= 0.6 is 11.8 Å².